The van der Waals surface area contributed by atoms with Gasteiger partial charge in [-0.3, -0.25) is 19.6 Å². The van der Waals surface area contributed by atoms with Gasteiger partial charge >= 0.3 is 0 Å². The molecule has 3 aromatic heterocycles. The number of allylic oxidation sites excluding steroid dienone is 1. The Morgan fingerprint density at radius 2 is 1.86 bits per heavy atom. The Morgan fingerprint density at radius 3 is 2.71 bits per heavy atom. The van der Waals surface area contributed by atoms with Crippen LogP contribution in [0.2, 0.25) is 0 Å². The second-order valence-electron chi connectivity index (χ2n) is 8.38. The molecular weight excluding hydrogens is 448 g/mol. The number of pyridine rings is 3. The van der Waals surface area contributed by atoms with Crippen LogP contribution in [0.5, 0.6) is 0 Å². The van der Waals surface area contributed by atoms with Crippen molar-refractivity contribution in [3.05, 3.63) is 135 Å². The summed E-state index contributed by atoms with van der Waals surface area (Å²) in [5, 5.41) is 0. The third-order valence-electron chi connectivity index (χ3n) is 6.07. The van der Waals surface area contributed by atoms with Crippen LogP contribution in [-0.2, 0) is 19.4 Å². The number of aryl methyl sites for hydroxylation is 1. The topological polar surface area (TPSA) is 64.8 Å². The molecule has 3 heterocycles. The van der Waals surface area contributed by atoms with E-state index in [0.717, 1.165) is 46.6 Å². The molecule has 0 N–H and O–H groups in total. The first-order valence-corrected chi connectivity index (χ1v) is 11.3. The van der Waals surface area contributed by atoms with Gasteiger partial charge in [-0.05, 0) is 65.6 Å². The van der Waals surface area contributed by atoms with Crippen LogP contribution in [0, 0.1) is 11.6 Å². The van der Waals surface area contributed by atoms with E-state index in [-0.39, 0.29) is 24.3 Å². The monoisotopic (exact) mass is 469 g/mol. The van der Waals surface area contributed by atoms with Crippen LogP contribution < -0.4 is 5.56 Å². The first kappa shape index (κ1) is 22.5. The zero-order valence-electron chi connectivity index (χ0n) is 18.7. The quantitative estimate of drug-likeness (QED) is 0.366. The van der Waals surface area contributed by atoms with E-state index in [9.17, 15) is 18.4 Å². The van der Waals surface area contributed by atoms with Gasteiger partial charge in [-0.25, -0.2) is 8.78 Å². The molecule has 0 aliphatic heterocycles. The van der Waals surface area contributed by atoms with Crippen molar-refractivity contribution in [3.63, 3.8) is 0 Å². The maximum Gasteiger partial charge on any atom is 0.261 e. The Morgan fingerprint density at radius 1 is 0.971 bits per heavy atom. The SMILES string of the molecule is O=C(CCc1cc(C2=CCc3ncccc32)ccn1)c1cccn(Cc2ccc(F)c(F)c2)c1=O. The average molecular weight is 469 g/mol. The molecule has 174 valence electrons. The summed E-state index contributed by atoms with van der Waals surface area (Å²) in [7, 11) is 0. The Kier molecular flexibility index (Phi) is 6.14. The van der Waals surface area contributed by atoms with Gasteiger partial charge in [0.2, 0.25) is 0 Å². The molecule has 0 amide bonds. The molecule has 1 aliphatic carbocycles. The van der Waals surface area contributed by atoms with Crippen molar-refractivity contribution in [1.82, 2.24) is 14.5 Å². The lowest BCUT2D eigenvalue weighted by Gasteiger charge is -2.09. The van der Waals surface area contributed by atoms with E-state index < -0.39 is 17.2 Å². The van der Waals surface area contributed by atoms with Crippen molar-refractivity contribution in [3.8, 4) is 0 Å². The number of nitrogens with zero attached hydrogens (tertiary/aromatic N) is 3. The van der Waals surface area contributed by atoms with Crippen LogP contribution in [0.15, 0.2) is 84.1 Å². The molecule has 0 saturated carbocycles. The molecule has 0 spiro atoms. The predicted molar refractivity (Wildman–Crippen MR) is 128 cm³/mol. The van der Waals surface area contributed by atoms with Crippen molar-refractivity contribution in [2.24, 2.45) is 0 Å². The van der Waals surface area contributed by atoms with Crippen LogP contribution >= 0.6 is 0 Å². The largest absolute Gasteiger partial charge is 0.310 e. The highest BCUT2D eigenvalue weighted by atomic mass is 19.2. The summed E-state index contributed by atoms with van der Waals surface area (Å²) in [5.41, 5.74) is 5.04. The Hall–Kier alpha value is -4.26. The van der Waals surface area contributed by atoms with E-state index in [0.29, 0.717) is 12.0 Å². The van der Waals surface area contributed by atoms with E-state index in [1.165, 1.54) is 22.9 Å². The molecule has 7 heteroatoms. The number of fused-ring (bicyclic) bond motifs is 1. The molecule has 0 bridgehead atoms. The summed E-state index contributed by atoms with van der Waals surface area (Å²) in [6.07, 6.45) is 8.47. The fraction of sp³-hybridized carbons (Fsp3) is 0.143. The van der Waals surface area contributed by atoms with Gasteiger partial charge in [0.1, 0.15) is 0 Å². The third-order valence-corrected chi connectivity index (χ3v) is 6.07. The maximum atomic E-state index is 13.5. The van der Waals surface area contributed by atoms with E-state index in [1.807, 2.05) is 24.3 Å². The summed E-state index contributed by atoms with van der Waals surface area (Å²) in [5.74, 6) is -2.23. The van der Waals surface area contributed by atoms with E-state index in [2.05, 4.69) is 16.0 Å². The zero-order valence-corrected chi connectivity index (χ0v) is 18.7. The first-order valence-electron chi connectivity index (χ1n) is 11.3. The number of hydrogen-bond acceptors (Lipinski definition) is 4. The minimum absolute atomic E-state index is 0.0339. The Balaban J connectivity index is 1.30. The molecular formula is C28H21F2N3O2. The fourth-order valence-electron chi connectivity index (χ4n) is 4.29. The second-order valence-corrected chi connectivity index (χ2v) is 8.38. The summed E-state index contributed by atoms with van der Waals surface area (Å²) in [6.45, 7) is 0.0339. The molecule has 5 rings (SSSR count). The molecule has 0 saturated heterocycles. The van der Waals surface area contributed by atoms with Gasteiger partial charge in [-0.1, -0.05) is 18.2 Å². The van der Waals surface area contributed by atoms with Gasteiger partial charge in [0.15, 0.2) is 17.4 Å². The van der Waals surface area contributed by atoms with Crippen molar-refractivity contribution < 1.29 is 13.6 Å². The molecule has 35 heavy (non-hydrogen) atoms. The fourth-order valence-corrected chi connectivity index (χ4v) is 4.29. The number of halogens is 2. The number of benzene rings is 1. The number of ketones is 1. The summed E-state index contributed by atoms with van der Waals surface area (Å²) in [6, 6.07) is 14.4. The molecule has 4 aromatic rings. The smallest absolute Gasteiger partial charge is 0.261 e. The number of Topliss-reactive ketones (excluding diaryl/α,β-unsaturated/α-hetero) is 1. The lowest BCUT2D eigenvalue weighted by Crippen LogP contribution is -2.26. The number of rotatable bonds is 7. The van der Waals surface area contributed by atoms with E-state index >= 15 is 0 Å². The summed E-state index contributed by atoms with van der Waals surface area (Å²) >= 11 is 0. The number of carbonyl (C=O) groups excluding carboxylic acids is 1. The van der Waals surface area contributed by atoms with Crippen LogP contribution in [0.4, 0.5) is 8.78 Å². The highest BCUT2D eigenvalue weighted by Gasteiger charge is 2.17. The van der Waals surface area contributed by atoms with Gasteiger partial charge in [-0.15, -0.1) is 0 Å². The standard InChI is InChI=1S/C28H21F2N3O2/c29-24-8-5-18(15-25(24)30)17-33-14-2-4-23(28(33)35)27(34)10-6-20-16-19(11-13-31-20)21-7-9-26-22(21)3-1-12-32-26/h1-5,7-8,11-16H,6,9-10,17H2. The van der Waals surface area contributed by atoms with Crippen LogP contribution in [0.1, 0.15) is 44.9 Å². The molecule has 0 radical (unpaired) electrons. The van der Waals surface area contributed by atoms with Gasteiger partial charge in [0, 0.05) is 42.7 Å². The van der Waals surface area contributed by atoms with Gasteiger partial charge in [-0.2, -0.15) is 0 Å². The van der Waals surface area contributed by atoms with Crippen molar-refractivity contribution >= 4 is 11.4 Å². The number of aromatic nitrogens is 3. The van der Waals surface area contributed by atoms with E-state index in [4.69, 9.17) is 0 Å². The lowest BCUT2D eigenvalue weighted by atomic mass is 10.00. The molecule has 0 atom stereocenters. The molecule has 0 fully saturated rings. The lowest BCUT2D eigenvalue weighted by molar-refractivity contribution is 0.0980. The van der Waals surface area contributed by atoms with Crippen molar-refractivity contribution in [2.45, 2.75) is 25.8 Å². The predicted octanol–water partition coefficient (Wildman–Crippen LogP) is 4.77. The van der Waals surface area contributed by atoms with Crippen LogP contribution in [-0.4, -0.2) is 20.3 Å². The minimum Gasteiger partial charge on any atom is -0.310 e. The summed E-state index contributed by atoms with van der Waals surface area (Å²) < 4.78 is 28.0. The Bertz CT molecular complexity index is 1520. The number of hydrogen-bond donors (Lipinski definition) is 0. The number of carbonyl (C=O) groups is 1. The average Bonchev–Trinajstić information content (AvgIpc) is 3.30. The first-order chi connectivity index (χ1) is 17.0. The minimum atomic E-state index is -0.981. The van der Waals surface area contributed by atoms with Gasteiger partial charge in [0.25, 0.3) is 5.56 Å². The Labute approximate surface area is 200 Å². The summed E-state index contributed by atoms with van der Waals surface area (Å²) in [4.78, 5) is 34.6. The maximum absolute atomic E-state index is 13.5. The normalized spacial score (nSPS) is 12.3. The molecule has 5 nitrogen and oxygen atoms in total. The van der Waals surface area contributed by atoms with Gasteiger partial charge in [0.05, 0.1) is 17.8 Å². The zero-order chi connectivity index (χ0) is 24.4. The van der Waals surface area contributed by atoms with Gasteiger partial charge < -0.3 is 4.57 Å². The highest BCUT2D eigenvalue weighted by molar-refractivity contribution is 5.95. The second kappa shape index (κ2) is 9.54. The third kappa shape index (κ3) is 4.71. The van der Waals surface area contributed by atoms with Crippen molar-refractivity contribution in [1.29, 1.82) is 0 Å². The molecule has 1 aliphatic rings. The van der Waals surface area contributed by atoms with Crippen LogP contribution in [0.3, 0.4) is 0 Å². The van der Waals surface area contributed by atoms with Crippen LogP contribution in [0.25, 0.3) is 5.57 Å². The van der Waals surface area contributed by atoms with E-state index in [1.54, 1.807) is 18.5 Å². The molecule has 1 aromatic carbocycles. The molecule has 0 unspecified atom stereocenters. The van der Waals surface area contributed by atoms with Crippen molar-refractivity contribution in [2.75, 3.05) is 0 Å². The highest BCUT2D eigenvalue weighted by Crippen LogP contribution is 2.31.